The molecule has 1 N–H and O–H groups in total. The van der Waals surface area contributed by atoms with E-state index in [1.54, 1.807) is 24.3 Å². The minimum Gasteiger partial charge on any atom is -0.456 e. The van der Waals surface area contributed by atoms with Crippen molar-refractivity contribution in [2.75, 3.05) is 48.9 Å². The van der Waals surface area contributed by atoms with E-state index in [2.05, 4.69) is 10.2 Å². The maximum atomic E-state index is 12.3. The van der Waals surface area contributed by atoms with Gasteiger partial charge in [0, 0.05) is 24.5 Å². The van der Waals surface area contributed by atoms with Crippen LogP contribution in [0.4, 0.5) is 11.4 Å². The summed E-state index contributed by atoms with van der Waals surface area (Å²) in [6.07, 6.45) is -0.322. The summed E-state index contributed by atoms with van der Waals surface area (Å²) in [5, 5.41) is 2.65. The Hall–Kier alpha value is -2.91. The first-order chi connectivity index (χ1) is 14.8. The summed E-state index contributed by atoms with van der Waals surface area (Å²) in [4.78, 5) is 26.2. The molecule has 0 aliphatic carbocycles. The van der Waals surface area contributed by atoms with Crippen molar-refractivity contribution in [1.29, 1.82) is 0 Å². The lowest BCUT2D eigenvalue weighted by molar-refractivity contribution is -0.146. The van der Waals surface area contributed by atoms with Gasteiger partial charge in [-0.05, 0) is 43.3 Å². The fourth-order valence-electron chi connectivity index (χ4n) is 3.07. The van der Waals surface area contributed by atoms with Gasteiger partial charge in [-0.2, -0.15) is 0 Å². The molecule has 8 nitrogen and oxygen atoms in total. The van der Waals surface area contributed by atoms with E-state index in [0.29, 0.717) is 18.9 Å². The standard InChI is InChI=1S/C22H26N2O6S/c1-17-2-8-20(9-3-17)31(27,28)15-10-22(26)30-16-21(25)23-18-4-6-19(7-5-18)24-11-13-29-14-12-24/h2-9H,10-16H2,1H3,(H,23,25). The molecule has 1 aliphatic rings. The van der Waals surface area contributed by atoms with E-state index in [0.717, 1.165) is 24.3 Å². The molecule has 2 aromatic rings. The number of carbonyl (C=O) groups excluding carboxylic acids is 2. The van der Waals surface area contributed by atoms with Gasteiger partial charge in [0.1, 0.15) is 0 Å². The van der Waals surface area contributed by atoms with Crippen LogP contribution in [0.25, 0.3) is 0 Å². The quantitative estimate of drug-likeness (QED) is 0.620. The van der Waals surface area contributed by atoms with Gasteiger partial charge in [-0.3, -0.25) is 9.59 Å². The maximum Gasteiger partial charge on any atom is 0.307 e. The van der Waals surface area contributed by atoms with Gasteiger partial charge in [-0.15, -0.1) is 0 Å². The van der Waals surface area contributed by atoms with Crippen molar-refractivity contribution in [2.24, 2.45) is 0 Å². The van der Waals surface area contributed by atoms with E-state index in [-0.39, 0.29) is 17.1 Å². The summed E-state index contributed by atoms with van der Waals surface area (Å²) >= 11 is 0. The van der Waals surface area contributed by atoms with Crippen molar-refractivity contribution in [1.82, 2.24) is 0 Å². The van der Waals surface area contributed by atoms with Gasteiger partial charge < -0.3 is 19.7 Å². The average Bonchev–Trinajstić information content (AvgIpc) is 2.78. The van der Waals surface area contributed by atoms with Crippen molar-refractivity contribution in [3.8, 4) is 0 Å². The van der Waals surface area contributed by atoms with Gasteiger partial charge in [0.2, 0.25) is 0 Å². The second-order valence-electron chi connectivity index (χ2n) is 7.24. The van der Waals surface area contributed by atoms with Crippen LogP contribution in [0.5, 0.6) is 0 Å². The predicted octanol–water partition coefficient (Wildman–Crippen LogP) is 2.18. The largest absolute Gasteiger partial charge is 0.456 e. The zero-order chi connectivity index (χ0) is 22.3. The summed E-state index contributed by atoms with van der Waals surface area (Å²) in [5.74, 6) is -1.61. The highest BCUT2D eigenvalue weighted by Gasteiger charge is 2.18. The number of aryl methyl sites for hydroxylation is 1. The Morgan fingerprint density at radius 3 is 2.32 bits per heavy atom. The summed E-state index contributed by atoms with van der Waals surface area (Å²) in [6, 6.07) is 13.8. The molecule has 0 unspecified atom stereocenters. The number of ether oxygens (including phenoxy) is 2. The number of hydrogen-bond donors (Lipinski definition) is 1. The van der Waals surface area contributed by atoms with Gasteiger partial charge in [0.15, 0.2) is 16.4 Å². The van der Waals surface area contributed by atoms with Crippen LogP contribution in [-0.4, -0.2) is 59.0 Å². The predicted molar refractivity (Wildman–Crippen MR) is 117 cm³/mol. The smallest absolute Gasteiger partial charge is 0.307 e. The molecule has 0 spiro atoms. The number of nitrogens with zero attached hydrogens (tertiary/aromatic N) is 1. The fourth-order valence-corrected chi connectivity index (χ4v) is 4.30. The van der Waals surface area contributed by atoms with Crippen LogP contribution in [0, 0.1) is 6.92 Å². The molecule has 0 aromatic heterocycles. The Morgan fingerprint density at radius 2 is 1.68 bits per heavy atom. The highest BCUT2D eigenvalue weighted by Crippen LogP contribution is 2.19. The van der Waals surface area contributed by atoms with Gasteiger partial charge in [0.25, 0.3) is 5.91 Å². The van der Waals surface area contributed by atoms with E-state index in [9.17, 15) is 18.0 Å². The number of carbonyl (C=O) groups is 2. The molecule has 1 heterocycles. The number of nitrogens with one attached hydrogen (secondary N) is 1. The van der Waals surface area contributed by atoms with Crippen molar-refractivity contribution in [2.45, 2.75) is 18.2 Å². The zero-order valence-corrected chi connectivity index (χ0v) is 18.2. The van der Waals surface area contributed by atoms with Crippen molar-refractivity contribution < 1.29 is 27.5 Å². The number of sulfone groups is 1. The Kier molecular flexibility index (Phi) is 7.64. The Morgan fingerprint density at radius 1 is 1.03 bits per heavy atom. The van der Waals surface area contributed by atoms with E-state index in [4.69, 9.17) is 9.47 Å². The first-order valence-corrected chi connectivity index (χ1v) is 11.7. The lowest BCUT2D eigenvalue weighted by Crippen LogP contribution is -2.36. The molecule has 31 heavy (non-hydrogen) atoms. The maximum absolute atomic E-state index is 12.3. The molecule has 2 aromatic carbocycles. The molecule has 9 heteroatoms. The minimum absolute atomic E-state index is 0.157. The number of hydrogen-bond acceptors (Lipinski definition) is 7. The second-order valence-corrected chi connectivity index (χ2v) is 9.35. The van der Waals surface area contributed by atoms with Crippen LogP contribution in [0.15, 0.2) is 53.4 Å². The number of rotatable bonds is 8. The number of amides is 1. The van der Waals surface area contributed by atoms with Crippen molar-refractivity contribution in [3.05, 3.63) is 54.1 Å². The monoisotopic (exact) mass is 446 g/mol. The molecular formula is C22H26N2O6S. The molecule has 1 aliphatic heterocycles. The number of morpholine rings is 1. The lowest BCUT2D eigenvalue weighted by Gasteiger charge is -2.28. The third-order valence-corrected chi connectivity index (χ3v) is 6.58. The van der Waals surface area contributed by atoms with Gasteiger partial charge in [0.05, 0.1) is 30.3 Å². The third kappa shape index (κ3) is 6.80. The second kappa shape index (κ2) is 10.4. The molecular weight excluding hydrogens is 420 g/mol. The number of esters is 1. The normalized spacial score (nSPS) is 14.2. The SMILES string of the molecule is Cc1ccc(S(=O)(=O)CCC(=O)OCC(=O)Nc2ccc(N3CCOCC3)cc2)cc1. The van der Waals surface area contributed by atoms with Crippen molar-refractivity contribution >= 4 is 33.1 Å². The van der Waals surface area contributed by atoms with Crippen LogP contribution in [0.3, 0.4) is 0 Å². The van der Waals surface area contributed by atoms with Crippen LogP contribution < -0.4 is 10.2 Å². The molecule has 0 radical (unpaired) electrons. The summed E-state index contributed by atoms with van der Waals surface area (Å²) < 4.78 is 34.8. The topological polar surface area (TPSA) is 102 Å². The molecule has 0 bridgehead atoms. The molecule has 1 fully saturated rings. The molecule has 0 atom stereocenters. The fraction of sp³-hybridized carbons (Fsp3) is 0.364. The summed E-state index contributed by atoms with van der Waals surface area (Å²) in [5.41, 5.74) is 2.57. The highest BCUT2D eigenvalue weighted by atomic mass is 32.2. The highest BCUT2D eigenvalue weighted by molar-refractivity contribution is 7.91. The Labute approximate surface area is 182 Å². The summed E-state index contributed by atoms with van der Waals surface area (Å²) in [6.45, 7) is 4.40. The molecule has 1 amide bonds. The van der Waals surface area contributed by atoms with Gasteiger partial charge in [-0.1, -0.05) is 17.7 Å². The van der Waals surface area contributed by atoms with E-state index in [1.807, 2.05) is 19.1 Å². The molecule has 3 rings (SSSR count). The molecule has 0 saturated carbocycles. The Balaban J connectivity index is 1.41. The van der Waals surface area contributed by atoms with Crippen LogP contribution in [0.1, 0.15) is 12.0 Å². The third-order valence-electron chi connectivity index (χ3n) is 4.85. The average molecular weight is 447 g/mol. The lowest BCUT2D eigenvalue weighted by atomic mass is 10.2. The zero-order valence-electron chi connectivity index (χ0n) is 17.4. The first-order valence-electron chi connectivity index (χ1n) is 10.0. The first kappa shape index (κ1) is 22.8. The number of benzene rings is 2. The van der Waals surface area contributed by atoms with Crippen LogP contribution >= 0.6 is 0 Å². The minimum atomic E-state index is -3.59. The summed E-state index contributed by atoms with van der Waals surface area (Å²) in [7, 11) is -3.59. The Bertz CT molecular complexity index is 997. The van der Waals surface area contributed by atoms with Gasteiger partial charge >= 0.3 is 5.97 Å². The van der Waals surface area contributed by atoms with Crippen LogP contribution in [-0.2, 0) is 28.9 Å². The van der Waals surface area contributed by atoms with Gasteiger partial charge in [-0.25, -0.2) is 8.42 Å². The van der Waals surface area contributed by atoms with E-state index < -0.39 is 28.3 Å². The van der Waals surface area contributed by atoms with E-state index in [1.165, 1.54) is 12.1 Å². The van der Waals surface area contributed by atoms with Crippen LogP contribution in [0.2, 0.25) is 0 Å². The van der Waals surface area contributed by atoms with E-state index >= 15 is 0 Å². The number of anilines is 2. The molecule has 166 valence electrons. The molecule has 1 saturated heterocycles. The van der Waals surface area contributed by atoms with Crippen molar-refractivity contribution in [3.63, 3.8) is 0 Å².